The molecule has 0 radical (unpaired) electrons. The molecule has 0 amide bonds. The van der Waals surface area contributed by atoms with Crippen molar-refractivity contribution in [2.45, 2.75) is 39.9 Å². The van der Waals surface area contributed by atoms with E-state index in [2.05, 4.69) is 6.58 Å². The van der Waals surface area contributed by atoms with E-state index >= 15 is 0 Å². The number of hydrogen-bond acceptors (Lipinski definition) is 5. The van der Waals surface area contributed by atoms with E-state index in [9.17, 15) is 14.4 Å². The summed E-state index contributed by atoms with van der Waals surface area (Å²) in [5.41, 5.74) is 0. The standard InChI is InChI=1S/C10H16O4.C3H4O2/c1-7(2)13-9(11)5-6-10(12)14-8(3)4;1-2-3(4)5/h5-8H,1-4H3;2H,1H2,(H,4,5)/b6-5-;. The highest BCUT2D eigenvalue weighted by molar-refractivity contribution is 5.91. The molecule has 0 aliphatic rings. The number of rotatable bonds is 5. The maximum absolute atomic E-state index is 10.9. The zero-order valence-corrected chi connectivity index (χ0v) is 11.6. The average Bonchev–Trinajstić information content (AvgIpc) is 2.25. The van der Waals surface area contributed by atoms with Gasteiger partial charge < -0.3 is 14.6 Å². The molecule has 0 saturated carbocycles. The Morgan fingerprint density at radius 3 is 1.37 bits per heavy atom. The van der Waals surface area contributed by atoms with E-state index < -0.39 is 17.9 Å². The molecular weight excluding hydrogens is 252 g/mol. The normalized spacial score (nSPS) is 9.79. The van der Waals surface area contributed by atoms with E-state index in [4.69, 9.17) is 14.6 Å². The Kier molecular flexibility index (Phi) is 11.1. The quantitative estimate of drug-likeness (QED) is 0.605. The summed E-state index contributed by atoms with van der Waals surface area (Å²) in [5.74, 6) is -2.06. The largest absolute Gasteiger partial charge is 0.478 e. The third-order valence-corrected chi connectivity index (χ3v) is 1.23. The fraction of sp³-hybridized carbons (Fsp3) is 0.462. The van der Waals surface area contributed by atoms with E-state index in [1.54, 1.807) is 27.7 Å². The molecular formula is C13H20O6. The fourth-order valence-electron chi connectivity index (χ4n) is 0.679. The van der Waals surface area contributed by atoms with Gasteiger partial charge in [-0.05, 0) is 27.7 Å². The molecule has 0 rings (SSSR count). The number of carboxylic acids is 1. The van der Waals surface area contributed by atoms with Gasteiger partial charge in [-0.2, -0.15) is 0 Å². The monoisotopic (exact) mass is 272 g/mol. The maximum atomic E-state index is 10.9. The lowest BCUT2D eigenvalue weighted by Crippen LogP contribution is -2.11. The summed E-state index contributed by atoms with van der Waals surface area (Å²) in [5, 5.41) is 7.60. The highest BCUT2D eigenvalue weighted by atomic mass is 16.5. The number of aliphatic carboxylic acids is 1. The molecule has 0 aliphatic carbocycles. The first kappa shape index (κ1) is 19.2. The molecule has 0 heterocycles. The molecule has 0 aromatic carbocycles. The van der Waals surface area contributed by atoms with Crippen molar-refractivity contribution in [3.8, 4) is 0 Å². The van der Waals surface area contributed by atoms with Crippen LogP contribution in [0.1, 0.15) is 27.7 Å². The van der Waals surface area contributed by atoms with Crippen LogP contribution in [0.5, 0.6) is 0 Å². The van der Waals surface area contributed by atoms with Crippen molar-refractivity contribution in [3.05, 3.63) is 24.8 Å². The fourth-order valence-corrected chi connectivity index (χ4v) is 0.679. The van der Waals surface area contributed by atoms with E-state index in [-0.39, 0.29) is 12.2 Å². The molecule has 108 valence electrons. The van der Waals surface area contributed by atoms with Crippen LogP contribution in [-0.2, 0) is 23.9 Å². The van der Waals surface area contributed by atoms with Crippen LogP contribution in [0.3, 0.4) is 0 Å². The third-order valence-electron chi connectivity index (χ3n) is 1.23. The predicted octanol–water partition coefficient (Wildman–Crippen LogP) is 1.70. The Balaban J connectivity index is 0. The van der Waals surface area contributed by atoms with Crippen molar-refractivity contribution >= 4 is 17.9 Å². The second-order valence-electron chi connectivity index (χ2n) is 3.85. The van der Waals surface area contributed by atoms with Gasteiger partial charge in [-0.15, -0.1) is 0 Å². The van der Waals surface area contributed by atoms with Crippen molar-refractivity contribution in [3.63, 3.8) is 0 Å². The molecule has 6 nitrogen and oxygen atoms in total. The van der Waals surface area contributed by atoms with Crippen LogP contribution < -0.4 is 0 Å². The molecule has 0 atom stereocenters. The van der Waals surface area contributed by atoms with Crippen molar-refractivity contribution < 1.29 is 29.0 Å². The summed E-state index contributed by atoms with van der Waals surface area (Å²) in [6.07, 6.45) is 2.58. The molecule has 0 fully saturated rings. The van der Waals surface area contributed by atoms with Crippen LogP contribution >= 0.6 is 0 Å². The highest BCUT2D eigenvalue weighted by Crippen LogP contribution is 1.93. The van der Waals surface area contributed by atoms with E-state index in [0.717, 1.165) is 18.2 Å². The van der Waals surface area contributed by atoms with Gasteiger partial charge >= 0.3 is 17.9 Å². The van der Waals surface area contributed by atoms with Crippen LogP contribution in [0.25, 0.3) is 0 Å². The zero-order chi connectivity index (χ0) is 15.4. The topological polar surface area (TPSA) is 89.9 Å². The smallest absolute Gasteiger partial charge is 0.331 e. The van der Waals surface area contributed by atoms with Crippen molar-refractivity contribution in [2.75, 3.05) is 0 Å². The van der Waals surface area contributed by atoms with Gasteiger partial charge in [0, 0.05) is 18.2 Å². The minimum atomic E-state index is -0.981. The molecule has 0 bridgehead atoms. The summed E-state index contributed by atoms with van der Waals surface area (Å²) in [6, 6.07) is 0. The average molecular weight is 272 g/mol. The van der Waals surface area contributed by atoms with Crippen molar-refractivity contribution in [1.82, 2.24) is 0 Å². The second kappa shape index (κ2) is 11.0. The van der Waals surface area contributed by atoms with Crippen LogP contribution in [0.4, 0.5) is 0 Å². The summed E-state index contributed by atoms with van der Waals surface area (Å²) < 4.78 is 9.54. The van der Waals surface area contributed by atoms with Crippen LogP contribution in [0.2, 0.25) is 0 Å². The predicted molar refractivity (Wildman–Crippen MR) is 69.4 cm³/mol. The van der Waals surface area contributed by atoms with Crippen molar-refractivity contribution in [2.24, 2.45) is 0 Å². The SMILES string of the molecule is C=CC(=O)O.CC(C)OC(=O)/C=C\C(=O)OC(C)C. The van der Waals surface area contributed by atoms with Gasteiger partial charge in [0.15, 0.2) is 0 Å². The molecule has 0 aromatic rings. The summed E-state index contributed by atoms with van der Waals surface area (Å²) in [7, 11) is 0. The number of carboxylic acid groups (broad SMARTS) is 1. The second-order valence-corrected chi connectivity index (χ2v) is 3.85. The molecule has 0 aromatic heterocycles. The molecule has 6 heteroatoms. The van der Waals surface area contributed by atoms with E-state index in [1.807, 2.05) is 0 Å². The van der Waals surface area contributed by atoms with Gasteiger partial charge in [0.2, 0.25) is 0 Å². The van der Waals surface area contributed by atoms with Gasteiger partial charge in [-0.3, -0.25) is 0 Å². The Morgan fingerprint density at radius 1 is 0.947 bits per heavy atom. The lowest BCUT2D eigenvalue weighted by atomic mass is 10.4. The first-order chi connectivity index (χ1) is 8.68. The van der Waals surface area contributed by atoms with E-state index in [0.29, 0.717) is 0 Å². The van der Waals surface area contributed by atoms with Gasteiger partial charge in [0.1, 0.15) is 0 Å². The zero-order valence-electron chi connectivity index (χ0n) is 11.6. The van der Waals surface area contributed by atoms with Crippen LogP contribution in [0, 0.1) is 0 Å². The van der Waals surface area contributed by atoms with Gasteiger partial charge in [0.05, 0.1) is 12.2 Å². The first-order valence-electron chi connectivity index (χ1n) is 5.63. The first-order valence-corrected chi connectivity index (χ1v) is 5.63. The number of carbonyl (C=O) groups is 3. The summed E-state index contributed by atoms with van der Waals surface area (Å²) in [4.78, 5) is 31.1. The minimum absolute atomic E-state index is 0.187. The van der Waals surface area contributed by atoms with Gasteiger partial charge in [0.25, 0.3) is 0 Å². The molecule has 0 unspecified atom stereocenters. The van der Waals surface area contributed by atoms with E-state index in [1.165, 1.54) is 0 Å². The Hall–Kier alpha value is -2.11. The Bertz CT molecular complexity index is 317. The van der Waals surface area contributed by atoms with Gasteiger partial charge in [-0.1, -0.05) is 6.58 Å². The summed E-state index contributed by atoms with van der Waals surface area (Å²) >= 11 is 0. The number of esters is 2. The lowest BCUT2D eigenvalue weighted by Gasteiger charge is -2.05. The Labute approximate surface area is 112 Å². The van der Waals surface area contributed by atoms with Crippen molar-refractivity contribution in [1.29, 1.82) is 0 Å². The molecule has 0 aliphatic heterocycles. The number of ether oxygens (including phenoxy) is 2. The number of carbonyl (C=O) groups excluding carboxylic acids is 2. The molecule has 0 saturated heterocycles. The van der Waals surface area contributed by atoms with Crippen LogP contribution in [0.15, 0.2) is 24.8 Å². The third kappa shape index (κ3) is 18.5. The molecule has 1 N–H and O–H groups in total. The molecule has 0 spiro atoms. The van der Waals surface area contributed by atoms with Crippen LogP contribution in [-0.4, -0.2) is 35.2 Å². The van der Waals surface area contributed by atoms with Gasteiger partial charge in [-0.25, -0.2) is 14.4 Å². The molecule has 19 heavy (non-hydrogen) atoms. The summed E-state index contributed by atoms with van der Waals surface area (Å²) in [6.45, 7) is 9.90. The Morgan fingerprint density at radius 2 is 1.21 bits per heavy atom. The lowest BCUT2D eigenvalue weighted by molar-refractivity contribution is -0.144. The minimum Gasteiger partial charge on any atom is -0.478 e. The number of hydrogen-bond donors (Lipinski definition) is 1. The highest BCUT2D eigenvalue weighted by Gasteiger charge is 2.03. The maximum Gasteiger partial charge on any atom is 0.331 e.